The van der Waals surface area contributed by atoms with Gasteiger partial charge in [-0.15, -0.1) is 0 Å². The summed E-state index contributed by atoms with van der Waals surface area (Å²) in [6, 6.07) is 17.9. The summed E-state index contributed by atoms with van der Waals surface area (Å²) in [6.07, 6.45) is 9.38. The Morgan fingerprint density at radius 2 is 1.79 bits per heavy atom. The van der Waals surface area contributed by atoms with Gasteiger partial charge in [-0.2, -0.15) is 5.26 Å². The summed E-state index contributed by atoms with van der Waals surface area (Å²) in [5.74, 6) is 1.46. The van der Waals surface area contributed by atoms with E-state index in [0.29, 0.717) is 11.4 Å². The van der Waals surface area contributed by atoms with Gasteiger partial charge < -0.3 is 9.72 Å². The number of nitriles is 1. The summed E-state index contributed by atoms with van der Waals surface area (Å²) in [6.45, 7) is 2.99. The zero-order chi connectivity index (χ0) is 19.6. The van der Waals surface area contributed by atoms with Gasteiger partial charge in [-0.05, 0) is 42.3 Å². The fourth-order valence-electron chi connectivity index (χ4n) is 3.13. The van der Waals surface area contributed by atoms with E-state index in [1.54, 1.807) is 0 Å². The molecule has 0 aliphatic rings. The first kappa shape index (κ1) is 19.7. The van der Waals surface area contributed by atoms with Crippen molar-refractivity contribution < 1.29 is 4.74 Å². The average molecular weight is 374 g/mol. The number of unbranched alkanes of at least 4 members (excludes halogenated alkanes) is 5. The molecule has 2 aromatic carbocycles. The second kappa shape index (κ2) is 10.3. The quantitative estimate of drug-likeness (QED) is 0.332. The fourth-order valence-corrected chi connectivity index (χ4v) is 3.13. The van der Waals surface area contributed by atoms with E-state index in [1.807, 2.05) is 54.6 Å². The van der Waals surface area contributed by atoms with Gasteiger partial charge in [0.25, 0.3) is 0 Å². The standard InChI is InChI=1S/C24H27N3O/c1-2-3-4-5-6-9-16-28-21-14-12-19(13-15-21)17-20(18-25)24-26-22-10-7-8-11-23(22)27-24/h7-8,10-15,17H,2-6,9,16H2,1H3,(H,26,27). The Morgan fingerprint density at radius 1 is 1.04 bits per heavy atom. The zero-order valence-corrected chi connectivity index (χ0v) is 16.4. The fraction of sp³-hybridized carbons (Fsp3) is 0.333. The third-order valence-electron chi connectivity index (χ3n) is 4.72. The van der Waals surface area contributed by atoms with E-state index in [2.05, 4.69) is 23.0 Å². The Labute approximate surface area is 166 Å². The van der Waals surface area contributed by atoms with Gasteiger partial charge in [0.15, 0.2) is 0 Å². The third kappa shape index (κ3) is 5.47. The molecule has 0 saturated heterocycles. The Balaban J connectivity index is 1.57. The largest absolute Gasteiger partial charge is 0.494 e. The minimum absolute atomic E-state index is 0.511. The van der Waals surface area contributed by atoms with E-state index in [1.165, 1.54) is 32.1 Å². The molecule has 28 heavy (non-hydrogen) atoms. The normalized spacial score (nSPS) is 11.5. The van der Waals surface area contributed by atoms with Crippen molar-refractivity contribution >= 4 is 22.7 Å². The molecule has 0 aliphatic carbocycles. The van der Waals surface area contributed by atoms with E-state index in [-0.39, 0.29) is 0 Å². The van der Waals surface area contributed by atoms with Crippen molar-refractivity contribution in [3.8, 4) is 11.8 Å². The molecule has 3 rings (SSSR count). The van der Waals surface area contributed by atoms with Crippen molar-refractivity contribution in [1.29, 1.82) is 5.26 Å². The van der Waals surface area contributed by atoms with Gasteiger partial charge in [-0.1, -0.05) is 63.3 Å². The number of hydrogen-bond donors (Lipinski definition) is 1. The van der Waals surface area contributed by atoms with Crippen LogP contribution in [-0.4, -0.2) is 16.6 Å². The Hall–Kier alpha value is -3.06. The Bertz CT molecular complexity index is 915. The minimum atomic E-state index is 0.511. The maximum absolute atomic E-state index is 9.54. The van der Waals surface area contributed by atoms with Crippen LogP contribution in [0.2, 0.25) is 0 Å². The first-order valence-corrected chi connectivity index (χ1v) is 10.1. The third-order valence-corrected chi connectivity index (χ3v) is 4.72. The average Bonchev–Trinajstić information content (AvgIpc) is 3.16. The molecular formula is C24H27N3O. The highest BCUT2D eigenvalue weighted by Crippen LogP contribution is 2.20. The van der Waals surface area contributed by atoms with Crippen molar-refractivity contribution in [2.24, 2.45) is 0 Å². The molecule has 0 unspecified atom stereocenters. The van der Waals surface area contributed by atoms with Gasteiger partial charge in [0.2, 0.25) is 0 Å². The number of para-hydroxylation sites is 2. The predicted octanol–water partition coefficient (Wildman–Crippen LogP) is 6.37. The van der Waals surface area contributed by atoms with Crippen molar-refractivity contribution in [1.82, 2.24) is 9.97 Å². The van der Waals surface area contributed by atoms with E-state index in [0.717, 1.165) is 35.4 Å². The molecule has 144 valence electrons. The Kier molecular flexibility index (Phi) is 7.26. The van der Waals surface area contributed by atoms with Crippen LogP contribution >= 0.6 is 0 Å². The lowest BCUT2D eigenvalue weighted by molar-refractivity contribution is 0.304. The number of imidazole rings is 1. The second-order valence-electron chi connectivity index (χ2n) is 6.96. The van der Waals surface area contributed by atoms with E-state index < -0.39 is 0 Å². The number of nitrogens with zero attached hydrogens (tertiary/aromatic N) is 2. The van der Waals surface area contributed by atoms with Crippen LogP contribution in [0.4, 0.5) is 0 Å². The monoisotopic (exact) mass is 373 g/mol. The highest BCUT2D eigenvalue weighted by Gasteiger charge is 2.07. The number of fused-ring (bicyclic) bond motifs is 1. The lowest BCUT2D eigenvalue weighted by Gasteiger charge is -2.06. The summed E-state index contributed by atoms with van der Waals surface area (Å²) >= 11 is 0. The first-order valence-electron chi connectivity index (χ1n) is 10.1. The van der Waals surface area contributed by atoms with Crippen LogP contribution < -0.4 is 4.74 Å². The van der Waals surface area contributed by atoms with Crippen LogP contribution in [0, 0.1) is 11.3 Å². The van der Waals surface area contributed by atoms with Gasteiger partial charge in [0.05, 0.1) is 23.2 Å². The minimum Gasteiger partial charge on any atom is -0.494 e. The van der Waals surface area contributed by atoms with Crippen molar-refractivity contribution in [3.05, 3.63) is 59.9 Å². The van der Waals surface area contributed by atoms with Crippen LogP contribution in [0.3, 0.4) is 0 Å². The number of aromatic nitrogens is 2. The molecule has 0 radical (unpaired) electrons. The highest BCUT2D eigenvalue weighted by atomic mass is 16.5. The smallest absolute Gasteiger partial charge is 0.149 e. The topological polar surface area (TPSA) is 61.7 Å². The molecule has 4 nitrogen and oxygen atoms in total. The van der Waals surface area contributed by atoms with Gasteiger partial charge >= 0.3 is 0 Å². The van der Waals surface area contributed by atoms with Crippen LogP contribution in [0.1, 0.15) is 56.8 Å². The van der Waals surface area contributed by atoms with Gasteiger partial charge in [0, 0.05) is 0 Å². The maximum atomic E-state index is 9.54. The maximum Gasteiger partial charge on any atom is 0.149 e. The molecule has 4 heteroatoms. The molecule has 1 N–H and O–H groups in total. The number of benzene rings is 2. The van der Waals surface area contributed by atoms with Crippen LogP contribution in [0.5, 0.6) is 5.75 Å². The van der Waals surface area contributed by atoms with E-state index >= 15 is 0 Å². The van der Waals surface area contributed by atoms with Gasteiger partial charge in [-0.25, -0.2) is 4.98 Å². The van der Waals surface area contributed by atoms with Crippen molar-refractivity contribution in [2.45, 2.75) is 45.4 Å². The zero-order valence-electron chi connectivity index (χ0n) is 16.4. The molecule has 0 aliphatic heterocycles. The number of nitrogens with one attached hydrogen (secondary N) is 1. The molecule has 0 saturated carbocycles. The number of H-pyrrole nitrogens is 1. The predicted molar refractivity (Wildman–Crippen MR) is 115 cm³/mol. The molecule has 0 amide bonds. The van der Waals surface area contributed by atoms with E-state index in [9.17, 15) is 5.26 Å². The van der Waals surface area contributed by atoms with E-state index in [4.69, 9.17) is 4.74 Å². The summed E-state index contributed by atoms with van der Waals surface area (Å²) in [4.78, 5) is 7.71. The number of hydrogen-bond acceptors (Lipinski definition) is 3. The van der Waals surface area contributed by atoms with Crippen LogP contribution in [-0.2, 0) is 0 Å². The number of allylic oxidation sites excluding steroid dienone is 1. The van der Waals surface area contributed by atoms with Crippen molar-refractivity contribution in [2.75, 3.05) is 6.61 Å². The summed E-state index contributed by atoms with van der Waals surface area (Å²) in [5.41, 5.74) is 3.25. The highest BCUT2D eigenvalue weighted by molar-refractivity contribution is 5.90. The molecule has 0 spiro atoms. The molecular weight excluding hydrogens is 346 g/mol. The first-order chi connectivity index (χ1) is 13.8. The van der Waals surface area contributed by atoms with Gasteiger partial charge in [0.1, 0.15) is 17.6 Å². The summed E-state index contributed by atoms with van der Waals surface area (Å²) < 4.78 is 5.82. The molecule has 1 heterocycles. The lowest BCUT2D eigenvalue weighted by atomic mass is 10.1. The Morgan fingerprint density at radius 3 is 2.54 bits per heavy atom. The number of aromatic amines is 1. The molecule has 0 atom stereocenters. The van der Waals surface area contributed by atoms with Crippen LogP contribution in [0.15, 0.2) is 48.5 Å². The summed E-state index contributed by atoms with van der Waals surface area (Å²) in [7, 11) is 0. The lowest BCUT2D eigenvalue weighted by Crippen LogP contribution is -1.97. The molecule has 3 aromatic rings. The number of ether oxygens (including phenoxy) is 1. The SMILES string of the molecule is CCCCCCCCOc1ccc(C=C(C#N)c2nc3ccccc3[nH]2)cc1. The van der Waals surface area contributed by atoms with Crippen LogP contribution in [0.25, 0.3) is 22.7 Å². The molecule has 1 aromatic heterocycles. The molecule has 0 fully saturated rings. The molecule has 0 bridgehead atoms. The van der Waals surface area contributed by atoms with Crippen molar-refractivity contribution in [3.63, 3.8) is 0 Å². The number of rotatable bonds is 10. The summed E-state index contributed by atoms with van der Waals surface area (Å²) in [5, 5.41) is 9.54. The second-order valence-corrected chi connectivity index (χ2v) is 6.96. The van der Waals surface area contributed by atoms with Gasteiger partial charge in [-0.3, -0.25) is 0 Å².